The van der Waals surface area contributed by atoms with Crippen LogP contribution in [0, 0.1) is 11.3 Å². The highest BCUT2D eigenvalue weighted by Gasteiger charge is 2.57. The van der Waals surface area contributed by atoms with E-state index in [1.165, 1.54) is 0 Å². The number of amides is 2. The van der Waals surface area contributed by atoms with Crippen molar-refractivity contribution in [2.45, 2.75) is 91.1 Å². The first-order valence-electron chi connectivity index (χ1n) is 12.1. The summed E-state index contributed by atoms with van der Waals surface area (Å²) < 4.78 is 11.6. The molecule has 2 heterocycles. The molecule has 2 aliphatic rings. The van der Waals surface area contributed by atoms with E-state index in [4.69, 9.17) is 9.16 Å². The third-order valence-corrected chi connectivity index (χ3v) is 7.93. The first-order valence-corrected chi connectivity index (χ1v) is 14.8. The summed E-state index contributed by atoms with van der Waals surface area (Å²) in [5.41, 5.74) is -0.291. The summed E-state index contributed by atoms with van der Waals surface area (Å²) >= 11 is 0. The number of hydrogen-bond acceptors (Lipinski definition) is 5. The largest absolute Gasteiger partial charge is 0.445 e. The fourth-order valence-corrected chi connectivity index (χ4v) is 6.24. The van der Waals surface area contributed by atoms with Crippen LogP contribution in [0.25, 0.3) is 0 Å². The van der Waals surface area contributed by atoms with Gasteiger partial charge in [0.1, 0.15) is 6.61 Å². The predicted molar refractivity (Wildman–Crippen MR) is 133 cm³/mol. The SMILES string of the molecule is C=CCOC(=O)N1CCCCC1/C=C(\C)C(=O)C[C@H]1NC(=O)[C@@H]1[C@@](C)(O[SiH](C)C)C(C)(C)C. The molecule has 2 amide bonds. The number of carbonyl (C=O) groups excluding carboxylic acids is 3. The lowest BCUT2D eigenvalue weighted by Gasteiger charge is -2.54. The van der Waals surface area contributed by atoms with E-state index in [-0.39, 0.29) is 54.2 Å². The maximum atomic E-state index is 13.1. The standard InChI is InChI=1S/C25H42N2O5Si/c1-9-14-31-23(30)27-13-11-10-12-18(27)15-17(2)20(28)16-19-21(22(29)26-19)25(6,24(3,4)5)32-33(7)8/h9,15,18-19,21,33H,1,10-14,16H2,2-8H3,(H,26,29)/b17-15+/t18?,19-,21-,25-/m1/s1. The van der Waals surface area contributed by atoms with E-state index >= 15 is 0 Å². The van der Waals surface area contributed by atoms with Crippen LogP contribution in [0.3, 0.4) is 0 Å². The highest BCUT2D eigenvalue weighted by Crippen LogP contribution is 2.45. The van der Waals surface area contributed by atoms with Crippen molar-refractivity contribution in [1.82, 2.24) is 10.2 Å². The Morgan fingerprint density at radius 2 is 1.91 bits per heavy atom. The second-order valence-electron chi connectivity index (χ2n) is 10.7. The number of hydrogen-bond donors (Lipinski definition) is 1. The molecule has 2 aliphatic heterocycles. The van der Waals surface area contributed by atoms with Gasteiger partial charge in [-0.1, -0.05) is 39.5 Å². The minimum absolute atomic E-state index is 0.0203. The van der Waals surface area contributed by atoms with Gasteiger partial charge in [-0.3, -0.25) is 9.59 Å². The molecule has 0 radical (unpaired) electrons. The molecule has 2 rings (SSSR count). The third kappa shape index (κ3) is 6.35. The summed E-state index contributed by atoms with van der Waals surface area (Å²) in [4.78, 5) is 39.8. The topological polar surface area (TPSA) is 84.9 Å². The molecule has 0 aromatic rings. The van der Waals surface area contributed by atoms with Crippen molar-refractivity contribution < 1.29 is 23.5 Å². The predicted octanol–water partition coefficient (Wildman–Crippen LogP) is 3.99. The number of likely N-dealkylation sites (tertiary alicyclic amines) is 1. The van der Waals surface area contributed by atoms with Crippen LogP contribution in [-0.2, 0) is 18.8 Å². The molecule has 33 heavy (non-hydrogen) atoms. The number of nitrogens with zero attached hydrogens (tertiary/aromatic N) is 1. The van der Waals surface area contributed by atoms with Crippen molar-refractivity contribution in [1.29, 1.82) is 0 Å². The van der Waals surface area contributed by atoms with Gasteiger partial charge >= 0.3 is 6.09 Å². The van der Waals surface area contributed by atoms with Crippen LogP contribution >= 0.6 is 0 Å². The maximum absolute atomic E-state index is 13.1. The zero-order valence-corrected chi connectivity index (χ0v) is 22.6. The molecule has 0 aromatic heterocycles. The molecule has 4 atom stereocenters. The number of ether oxygens (including phenoxy) is 1. The highest BCUT2D eigenvalue weighted by atomic mass is 28.3. The van der Waals surface area contributed by atoms with E-state index < -0.39 is 14.6 Å². The Balaban J connectivity index is 2.14. The van der Waals surface area contributed by atoms with Gasteiger partial charge in [0, 0.05) is 13.0 Å². The van der Waals surface area contributed by atoms with E-state index in [1.54, 1.807) is 17.9 Å². The molecule has 186 valence electrons. The number of nitrogens with one attached hydrogen (secondary N) is 1. The molecular formula is C25H42N2O5Si. The second-order valence-corrected chi connectivity index (χ2v) is 13.0. The Labute approximate surface area is 200 Å². The molecule has 0 aliphatic carbocycles. The van der Waals surface area contributed by atoms with Crippen LogP contribution in [0.15, 0.2) is 24.3 Å². The zero-order valence-electron chi connectivity index (χ0n) is 21.4. The molecule has 8 heteroatoms. The summed E-state index contributed by atoms with van der Waals surface area (Å²) in [7, 11) is -1.42. The van der Waals surface area contributed by atoms with E-state index in [9.17, 15) is 14.4 Å². The monoisotopic (exact) mass is 478 g/mol. The summed E-state index contributed by atoms with van der Waals surface area (Å²) in [6.07, 6.45) is 5.98. The number of rotatable bonds is 9. The van der Waals surface area contributed by atoms with Crippen LogP contribution in [-0.4, -0.2) is 62.6 Å². The number of β-lactam (4-membered cyclic amide) rings is 1. The minimum atomic E-state index is -1.42. The molecule has 7 nitrogen and oxygen atoms in total. The van der Waals surface area contributed by atoms with Gasteiger partial charge in [-0.2, -0.15) is 0 Å². The van der Waals surface area contributed by atoms with Crippen LogP contribution in [0.2, 0.25) is 13.1 Å². The van der Waals surface area contributed by atoms with Gasteiger partial charge in [-0.15, -0.1) is 0 Å². The fraction of sp³-hybridized carbons (Fsp3) is 0.720. The van der Waals surface area contributed by atoms with E-state index in [1.807, 2.05) is 13.0 Å². The van der Waals surface area contributed by atoms with Crippen molar-refractivity contribution in [2.75, 3.05) is 13.2 Å². The normalized spacial score (nSPS) is 25.7. The Kier molecular flexibility index (Phi) is 9.10. The Morgan fingerprint density at radius 1 is 1.24 bits per heavy atom. The average Bonchev–Trinajstić information content (AvgIpc) is 2.70. The van der Waals surface area contributed by atoms with Gasteiger partial charge < -0.3 is 19.4 Å². The number of Topliss-reactive ketones (excluding diaryl/α,β-unsaturated/α-hetero) is 1. The Hall–Kier alpha value is -1.93. The Bertz CT molecular complexity index is 788. The second kappa shape index (κ2) is 11.0. The van der Waals surface area contributed by atoms with Gasteiger partial charge in [-0.25, -0.2) is 4.79 Å². The fourth-order valence-electron chi connectivity index (χ4n) is 4.76. The third-order valence-electron chi connectivity index (χ3n) is 6.97. The van der Waals surface area contributed by atoms with Gasteiger partial charge in [0.05, 0.1) is 23.6 Å². The summed E-state index contributed by atoms with van der Waals surface area (Å²) in [6.45, 7) is 18.6. The van der Waals surface area contributed by atoms with Crippen molar-refractivity contribution in [3.63, 3.8) is 0 Å². The lowest BCUT2D eigenvalue weighted by molar-refractivity contribution is -0.160. The minimum Gasteiger partial charge on any atom is -0.445 e. The first kappa shape index (κ1) is 27.3. The number of ketones is 1. The van der Waals surface area contributed by atoms with Crippen molar-refractivity contribution in [2.24, 2.45) is 11.3 Å². The van der Waals surface area contributed by atoms with E-state index in [0.29, 0.717) is 12.1 Å². The number of carbonyl (C=O) groups is 3. The summed E-state index contributed by atoms with van der Waals surface area (Å²) in [5.74, 6) is -0.442. The average molecular weight is 479 g/mol. The molecule has 1 unspecified atom stereocenters. The highest BCUT2D eigenvalue weighted by molar-refractivity contribution is 6.48. The smallest absolute Gasteiger partial charge is 0.410 e. The van der Waals surface area contributed by atoms with Gasteiger partial charge in [-0.05, 0) is 57.2 Å². The van der Waals surface area contributed by atoms with Crippen LogP contribution in [0.5, 0.6) is 0 Å². The molecular weight excluding hydrogens is 436 g/mol. The summed E-state index contributed by atoms with van der Waals surface area (Å²) in [5, 5.41) is 2.94. The molecule has 2 fully saturated rings. The van der Waals surface area contributed by atoms with Crippen LogP contribution < -0.4 is 5.32 Å². The molecule has 0 bridgehead atoms. The van der Waals surface area contributed by atoms with Crippen molar-refractivity contribution in [3.05, 3.63) is 24.3 Å². The van der Waals surface area contributed by atoms with E-state index in [0.717, 1.165) is 19.3 Å². The van der Waals surface area contributed by atoms with Crippen LogP contribution in [0.1, 0.15) is 60.3 Å². The lowest BCUT2D eigenvalue weighted by Crippen LogP contribution is -2.70. The number of piperidine rings is 1. The summed E-state index contributed by atoms with van der Waals surface area (Å²) in [6, 6.07) is -0.424. The van der Waals surface area contributed by atoms with Crippen LogP contribution in [0.4, 0.5) is 4.79 Å². The number of allylic oxidation sites excluding steroid dienone is 1. The van der Waals surface area contributed by atoms with Gasteiger partial charge in [0.2, 0.25) is 5.91 Å². The van der Waals surface area contributed by atoms with Crippen molar-refractivity contribution >= 4 is 26.8 Å². The van der Waals surface area contributed by atoms with E-state index in [2.05, 4.69) is 45.8 Å². The lowest BCUT2D eigenvalue weighted by atomic mass is 9.63. The molecule has 0 spiro atoms. The molecule has 1 N–H and O–H groups in total. The van der Waals surface area contributed by atoms with Crippen molar-refractivity contribution in [3.8, 4) is 0 Å². The Morgan fingerprint density at radius 3 is 2.45 bits per heavy atom. The molecule has 0 aromatic carbocycles. The van der Waals surface area contributed by atoms with Gasteiger partial charge in [0.25, 0.3) is 0 Å². The first-order chi connectivity index (χ1) is 15.3. The molecule has 0 saturated carbocycles. The molecule has 2 saturated heterocycles. The maximum Gasteiger partial charge on any atom is 0.410 e. The zero-order chi connectivity index (χ0) is 25.0. The van der Waals surface area contributed by atoms with Gasteiger partial charge in [0.15, 0.2) is 14.8 Å². The quantitative estimate of drug-likeness (QED) is 0.234.